The normalized spacial score (nSPS) is 20.3. The van der Waals surface area contributed by atoms with Crippen molar-refractivity contribution in [2.24, 2.45) is 0 Å². The molecule has 0 N–H and O–H groups in total. The molecule has 0 aromatic heterocycles. The lowest BCUT2D eigenvalue weighted by Crippen LogP contribution is -1.92. The molecule has 2 heteroatoms. The SMILES string of the molecule is O=S1C=CC=C1Cc1ccccc1. The summed E-state index contributed by atoms with van der Waals surface area (Å²) < 4.78 is 11.3. The molecule has 0 saturated heterocycles. The maximum Gasteiger partial charge on any atom is 0.0738 e. The molecule has 0 aliphatic carbocycles. The highest BCUT2D eigenvalue weighted by Gasteiger charge is 2.08. The van der Waals surface area contributed by atoms with Crippen LogP contribution in [-0.2, 0) is 17.2 Å². The van der Waals surface area contributed by atoms with Crippen molar-refractivity contribution in [2.45, 2.75) is 6.42 Å². The van der Waals surface area contributed by atoms with Crippen molar-refractivity contribution in [3.05, 3.63) is 58.4 Å². The van der Waals surface area contributed by atoms with Gasteiger partial charge in [-0.05, 0) is 11.6 Å². The van der Waals surface area contributed by atoms with Crippen LogP contribution in [0.25, 0.3) is 0 Å². The summed E-state index contributed by atoms with van der Waals surface area (Å²) in [7, 11) is -0.881. The second-order valence-corrected chi connectivity index (χ2v) is 4.31. The van der Waals surface area contributed by atoms with Crippen molar-refractivity contribution in [1.82, 2.24) is 0 Å². The van der Waals surface area contributed by atoms with Crippen LogP contribution in [0.4, 0.5) is 0 Å². The number of benzene rings is 1. The van der Waals surface area contributed by atoms with E-state index in [1.807, 2.05) is 30.4 Å². The van der Waals surface area contributed by atoms with Crippen molar-refractivity contribution in [2.75, 3.05) is 0 Å². The van der Waals surface area contributed by atoms with Gasteiger partial charge in [-0.25, -0.2) is 0 Å². The minimum absolute atomic E-state index is 0.792. The molecule has 13 heavy (non-hydrogen) atoms. The van der Waals surface area contributed by atoms with Gasteiger partial charge in [0.2, 0.25) is 0 Å². The third-order valence-electron chi connectivity index (χ3n) is 1.96. The van der Waals surface area contributed by atoms with Crippen LogP contribution in [0.1, 0.15) is 5.56 Å². The lowest BCUT2D eigenvalue weighted by molar-refractivity contribution is 0.691. The fourth-order valence-electron chi connectivity index (χ4n) is 1.30. The van der Waals surface area contributed by atoms with E-state index in [4.69, 9.17) is 0 Å². The Morgan fingerprint density at radius 2 is 1.92 bits per heavy atom. The molecule has 66 valence electrons. The lowest BCUT2D eigenvalue weighted by Gasteiger charge is -2.00. The molecule has 1 unspecified atom stereocenters. The van der Waals surface area contributed by atoms with Crippen LogP contribution in [0.2, 0.25) is 0 Å². The molecule has 0 bridgehead atoms. The lowest BCUT2D eigenvalue weighted by atomic mass is 10.1. The molecule has 1 aliphatic heterocycles. The maximum atomic E-state index is 11.3. The Labute approximate surface area is 80.2 Å². The Hall–Kier alpha value is -1.15. The monoisotopic (exact) mass is 190 g/mol. The average Bonchev–Trinajstić information content (AvgIpc) is 2.54. The van der Waals surface area contributed by atoms with E-state index in [9.17, 15) is 4.21 Å². The maximum absolute atomic E-state index is 11.3. The van der Waals surface area contributed by atoms with Crippen LogP contribution in [-0.4, -0.2) is 4.21 Å². The van der Waals surface area contributed by atoms with E-state index < -0.39 is 10.8 Å². The van der Waals surface area contributed by atoms with E-state index in [-0.39, 0.29) is 0 Å². The van der Waals surface area contributed by atoms with Crippen molar-refractivity contribution in [3.8, 4) is 0 Å². The average molecular weight is 190 g/mol. The Balaban J connectivity index is 2.12. The van der Waals surface area contributed by atoms with Crippen LogP contribution in [0.15, 0.2) is 52.8 Å². The molecule has 0 saturated carbocycles. The molecule has 1 nitrogen and oxygen atoms in total. The highest BCUT2D eigenvalue weighted by atomic mass is 32.2. The number of hydrogen-bond acceptors (Lipinski definition) is 1. The predicted octanol–water partition coefficient (Wildman–Crippen LogP) is 2.39. The Morgan fingerprint density at radius 3 is 2.54 bits per heavy atom. The number of hydrogen-bond donors (Lipinski definition) is 0. The fraction of sp³-hybridized carbons (Fsp3) is 0.0909. The quantitative estimate of drug-likeness (QED) is 0.699. The molecule has 0 spiro atoms. The first-order valence-electron chi connectivity index (χ1n) is 4.18. The second kappa shape index (κ2) is 3.71. The largest absolute Gasteiger partial charge is 0.250 e. The van der Waals surface area contributed by atoms with Gasteiger partial charge >= 0.3 is 0 Å². The van der Waals surface area contributed by atoms with Gasteiger partial charge < -0.3 is 0 Å². The molecule has 1 heterocycles. The molecule has 1 aliphatic rings. The number of allylic oxidation sites excluding steroid dienone is 3. The third kappa shape index (κ3) is 1.95. The zero-order valence-corrected chi connectivity index (χ0v) is 7.96. The topological polar surface area (TPSA) is 17.1 Å². The molecule has 1 aromatic carbocycles. The molecule has 0 radical (unpaired) electrons. The van der Waals surface area contributed by atoms with Gasteiger partial charge in [-0.2, -0.15) is 0 Å². The van der Waals surface area contributed by atoms with E-state index in [0.29, 0.717) is 0 Å². The van der Waals surface area contributed by atoms with Gasteiger partial charge in [0.25, 0.3) is 0 Å². The van der Waals surface area contributed by atoms with Gasteiger partial charge in [0.05, 0.1) is 10.8 Å². The Bertz CT molecular complexity index is 376. The van der Waals surface area contributed by atoms with Crippen molar-refractivity contribution < 1.29 is 4.21 Å². The van der Waals surface area contributed by atoms with Gasteiger partial charge in [-0.15, -0.1) is 0 Å². The number of rotatable bonds is 2. The zero-order valence-electron chi connectivity index (χ0n) is 7.14. The summed E-state index contributed by atoms with van der Waals surface area (Å²) in [5, 5.41) is 1.72. The van der Waals surface area contributed by atoms with Crippen molar-refractivity contribution in [3.63, 3.8) is 0 Å². The highest BCUT2D eigenvalue weighted by molar-refractivity contribution is 7.92. The zero-order chi connectivity index (χ0) is 9.10. The Morgan fingerprint density at radius 1 is 1.15 bits per heavy atom. The molecular weight excluding hydrogens is 180 g/mol. The summed E-state index contributed by atoms with van der Waals surface area (Å²) in [6, 6.07) is 10.1. The summed E-state index contributed by atoms with van der Waals surface area (Å²) >= 11 is 0. The summed E-state index contributed by atoms with van der Waals surface area (Å²) in [6.45, 7) is 0. The summed E-state index contributed by atoms with van der Waals surface area (Å²) in [5.74, 6) is 0. The van der Waals surface area contributed by atoms with E-state index in [0.717, 1.165) is 11.3 Å². The molecular formula is C11H10OS. The van der Waals surface area contributed by atoms with Crippen molar-refractivity contribution in [1.29, 1.82) is 0 Å². The van der Waals surface area contributed by atoms with E-state index >= 15 is 0 Å². The van der Waals surface area contributed by atoms with Crippen LogP contribution in [0, 0.1) is 0 Å². The smallest absolute Gasteiger partial charge is 0.0738 e. The standard InChI is InChI=1S/C11H10OS/c12-13-8-4-7-11(13)9-10-5-2-1-3-6-10/h1-8H,9H2. The molecule has 1 atom stereocenters. The highest BCUT2D eigenvalue weighted by Crippen LogP contribution is 2.16. The minimum atomic E-state index is -0.881. The van der Waals surface area contributed by atoms with Crippen LogP contribution in [0.5, 0.6) is 0 Å². The summed E-state index contributed by atoms with van der Waals surface area (Å²) in [4.78, 5) is 0.992. The summed E-state index contributed by atoms with van der Waals surface area (Å²) in [5.41, 5.74) is 1.21. The van der Waals surface area contributed by atoms with Gasteiger partial charge in [0.1, 0.15) is 0 Å². The van der Waals surface area contributed by atoms with Gasteiger partial charge in [-0.3, -0.25) is 4.21 Å². The van der Waals surface area contributed by atoms with Crippen molar-refractivity contribution >= 4 is 10.8 Å². The first-order chi connectivity index (χ1) is 6.36. The molecule has 2 rings (SSSR count). The Kier molecular flexibility index (Phi) is 2.41. The van der Waals surface area contributed by atoms with Crippen LogP contribution < -0.4 is 0 Å². The third-order valence-corrected chi connectivity index (χ3v) is 3.17. The predicted molar refractivity (Wildman–Crippen MR) is 55.5 cm³/mol. The molecule has 0 fully saturated rings. The van der Waals surface area contributed by atoms with Gasteiger partial charge in [0, 0.05) is 16.7 Å². The van der Waals surface area contributed by atoms with E-state index in [2.05, 4.69) is 12.1 Å². The minimum Gasteiger partial charge on any atom is -0.250 e. The van der Waals surface area contributed by atoms with Crippen LogP contribution >= 0.6 is 0 Å². The molecule has 0 amide bonds. The first kappa shape index (κ1) is 8.45. The van der Waals surface area contributed by atoms with Gasteiger partial charge in [0.15, 0.2) is 0 Å². The summed E-state index contributed by atoms with van der Waals surface area (Å²) in [6.07, 6.45) is 4.58. The van der Waals surface area contributed by atoms with Crippen LogP contribution in [0.3, 0.4) is 0 Å². The second-order valence-electron chi connectivity index (χ2n) is 2.92. The first-order valence-corrected chi connectivity index (χ1v) is 5.39. The fourth-order valence-corrected chi connectivity index (χ4v) is 2.22. The van der Waals surface area contributed by atoms with E-state index in [1.54, 1.807) is 5.41 Å². The van der Waals surface area contributed by atoms with Gasteiger partial charge in [-0.1, -0.05) is 36.4 Å². The van der Waals surface area contributed by atoms with E-state index in [1.165, 1.54) is 5.56 Å². The molecule has 1 aromatic rings.